The number of rotatable bonds is 4. The van der Waals surface area contributed by atoms with E-state index in [4.69, 9.17) is 4.84 Å². The normalized spacial score (nSPS) is 15.4. The quantitative estimate of drug-likeness (QED) is 0.607. The zero-order valence-corrected chi connectivity index (χ0v) is 15.7. The van der Waals surface area contributed by atoms with Gasteiger partial charge in [-0.1, -0.05) is 19.9 Å². The van der Waals surface area contributed by atoms with Gasteiger partial charge in [-0.15, -0.1) is 11.3 Å². The third-order valence-electron chi connectivity index (χ3n) is 4.69. The first kappa shape index (κ1) is 16.8. The van der Waals surface area contributed by atoms with Crippen LogP contribution >= 0.6 is 11.3 Å². The largest absolute Gasteiger partial charge is 0.353 e. The smallest absolute Gasteiger partial charge is 0.257 e. The number of hydrogen-bond donors (Lipinski definition) is 3. The lowest BCUT2D eigenvalue weighted by molar-refractivity contribution is 0.102. The molecule has 2 aromatic heterocycles. The standard InChI is InChI=1S/C19H20N4O2S/c1-19(2)7-6-14(23-25-3)16-15(19)12-10-11(4-5-13(12)21-16)17(24)22-18-20-8-9-26-18/h4-6,8-10,21,23H,7H2,1-3H3,(H,20,22,24). The van der Waals surface area contributed by atoms with Gasteiger partial charge in [0.1, 0.15) is 0 Å². The molecule has 0 bridgehead atoms. The lowest BCUT2D eigenvalue weighted by atomic mass is 9.76. The van der Waals surface area contributed by atoms with E-state index in [2.05, 4.69) is 40.7 Å². The Bertz CT molecular complexity index is 1000. The van der Waals surface area contributed by atoms with Crippen molar-refractivity contribution in [2.24, 2.45) is 0 Å². The van der Waals surface area contributed by atoms with Gasteiger partial charge in [-0.05, 0) is 35.6 Å². The highest BCUT2D eigenvalue weighted by molar-refractivity contribution is 7.13. The van der Waals surface area contributed by atoms with Crippen LogP contribution in [0.3, 0.4) is 0 Å². The summed E-state index contributed by atoms with van der Waals surface area (Å²) in [6.07, 6.45) is 4.69. The van der Waals surface area contributed by atoms with Gasteiger partial charge in [0.2, 0.25) is 0 Å². The summed E-state index contributed by atoms with van der Waals surface area (Å²) in [5, 5.41) is 6.33. The van der Waals surface area contributed by atoms with Crippen LogP contribution in [0.1, 0.15) is 41.9 Å². The predicted octanol–water partition coefficient (Wildman–Crippen LogP) is 4.05. The molecule has 1 aliphatic rings. The summed E-state index contributed by atoms with van der Waals surface area (Å²) in [7, 11) is 1.60. The fourth-order valence-corrected chi connectivity index (χ4v) is 3.98. The fraction of sp³-hybridized carbons (Fsp3) is 0.263. The Hall–Kier alpha value is -2.64. The van der Waals surface area contributed by atoms with Crippen molar-refractivity contribution in [1.82, 2.24) is 15.4 Å². The number of anilines is 1. The number of thiazole rings is 1. The Morgan fingerprint density at radius 2 is 2.23 bits per heavy atom. The summed E-state index contributed by atoms with van der Waals surface area (Å²) in [6.45, 7) is 4.42. The van der Waals surface area contributed by atoms with Gasteiger partial charge in [0.25, 0.3) is 5.91 Å². The number of hydrogen-bond acceptors (Lipinski definition) is 5. The molecule has 3 aromatic rings. The zero-order chi connectivity index (χ0) is 18.3. The monoisotopic (exact) mass is 368 g/mol. The number of H-pyrrole nitrogens is 1. The van der Waals surface area contributed by atoms with Gasteiger partial charge >= 0.3 is 0 Å². The van der Waals surface area contributed by atoms with Gasteiger partial charge in [-0.3, -0.25) is 20.4 Å². The molecular formula is C19H20N4O2S. The Morgan fingerprint density at radius 1 is 1.38 bits per heavy atom. The van der Waals surface area contributed by atoms with Crippen molar-refractivity contribution in [2.45, 2.75) is 25.7 Å². The van der Waals surface area contributed by atoms with Crippen molar-refractivity contribution in [3.63, 3.8) is 0 Å². The van der Waals surface area contributed by atoms with Crippen molar-refractivity contribution in [2.75, 3.05) is 12.4 Å². The molecule has 1 aliphatic carbocycles. The number of carbonyl (C=O) groups is 1. The molecule has 3 N–H and O–H groups in total. The lowest BCUT2D eigenvalue weighted by Crippen LogP contribution is -2.24. The Kier molecular flexibility index (Phi) is 4.05. The summed E-state index contributed by atoms with van der Waals surface area (Å²) in [4.78, 5) is 25.3. The highest BCUT2D eigenvalue weighted by Crippen LogP contribution is 2.42. The number of carbonyl (C=O) groups excluding carboxylic acids is 1. The molecule has 1 aromatic carbocycles. The predicted molar refractivity (Wildman–Crippen MR) is 104 cm³/mol. The van der Waals surface area contributed by atoms with Crippen molar-refractivity contribution >= 4 is 39.0 Å². The van der Waals surface area contributed by atoms with Crippen LogP contribution in [-0.4, -0.2) is 23.0 Å². The maximum absolute atomic E-state index is 12.6. The second-order valence-electron chi connectivity index (χ2n) is 6.94. The number of amides is 1. The van der Waals surface area contributed by atoms with Crippen LogP contribution in [-0.2, 0) is 10.3 Å². The number of hydroxylamine groups is 1. The first-order valence-electron chi connectivity index (χ1n) is 8.36. The zero-order valence-electron chi connectivity index (χ0n) is 14.8. The summed E-state index contributed by atoms with van der Waals surface area (Å²) in [5.41, 5.74) is 7.64. The SMILES string of the molecule is CONC1=CCC(C)(C)c2c1[nH]c1ccc(C(=O)Nc3nccs3)cc21. The molecule has 0 unspecified atom stereocenters. The first-order chi connectivity index (χ1) is 12.5. The molecule has 26 heavy (non-hydrogen) atoms. The molecule has 134 valence electrons. The Morgan fingerprint density at radius 3 is 2.96 bits per heavy atom. The molecule has 0 radical (unpaired) electrons. The summed E-state index contributed by atoms with van der Waals surface area (Å²) in [6, 6.07) is 5.73. The minimum Gasteiger partial charge on any atom is -0.353 e. The van der Waals surface area contributed by atoms with E-state index in [-0.39, 0.29) is 11.3 Å². The lowest BCUT2D eigenvalue weighted by Gasteiger charge is -2.29. The number of benzene rings is 1. The highest BCUT2D eigenvalue weighted by atomic mass is 32.1. The van der Waals surface area contributed by atoms with Crippen molar-refractivity contribution in [3.8, 4) is 0 Å². The van der Waals surface area contributed by atoms with Gasteiger partial charge in [0, 0.05) is 28.0 Å². The molecule has 0 saturated heterocycles. The topological polar surface area (TPSA) is 79.0 Å². The number of aromatic amines is 1. The van der Waals surface area contributed by atoms with Crippen molar-refractivity contribution < 1.29 is 9.63 Å². The van der Waals surface area contributed by atoms with Gasteiger partial charge in [0.15, 0.2) is 5.13 Å². The molecule has 7 heteroatoms. The second-order valence-corrected chi connectivity index (χ2v) is 7.83. The molecule has 4 rings (SSSR count). The molecule has 6 nitrogen and oxygen atoms in total. The summed E-state index contributed by atoms with van der Waals surface area (Å²) < 4.78 is 0. The molecule has 2 heterocycles. The van der Waals surface area contributed by atoms with E-state index in [1.54, 1.807) is 13.3 Å². The van der Waals surface area contributed by atoms with Crippen LogP contribution < -0.4 is 10.8 Å². The Labute approximate surface area is 155 Å². The minimum absolute atomic E-state index is 0.0447. The molecule has 0 fully saturated rings. The molecule has 0 atom stereocenters. The molecule has 0 aliphatic heterocycles. The first-order valence-corrected chi connectivity index (χ1v) is 9.24. The van der Waals surface area contributed by atoms with Crippen LogP contribution in [0.4, 0.5) is 5.13 Å². The fourth-order valence-electron chi connectivity index (χ4n) is 3.46. The Balaban J connectivity index is 1.79. The van der Waals surface area contributed by atoms with E-state index in [9.17, 15) is 4.79 Å². The van der Waals surface area contributed by atoms with Crippen LogP contribution in [0, 0.1) is 0 Å². The highest BCUT2D eigenvalue weighted by Gasteiger charge is 2.32. The van der Waals surface area contributed by atoms with E-state index < -0.39 is 0 Å². The van der Waals surface area contributed by atoms with E-state index >= 15 is 0 Å². The summed E-state index contributed by atoms with van der Waals surface area (Å²) in [5.74, 6) is -0.156. The maximum Gasteiger partial charge on any atom is 0.257 e. The van der Waals surface area contributed by atoms with Gasteiger partial charge in [-0.25, -0.2) is 4.98 Å². The van der Waals surface area contributed by atoms with Crippen LogP contribution in [0.2, 0.25) is 0 Å². The van der Waals surface area contributed by atoms with Crippen molar-refractivity contribution in [1.29, 1.82) is 0 Å². The number of nitrogens with one attached hydrogen (secondary N) is 3. The third kappa shape index (κ3) is 2.79. The summed E-state index contributed by atoms with van der Waals surface area (Å²) >= 11 is 1.40. The van der Waals surface area contributed by atoms with E-state index in [1.165, 1.54) is 16.9 Å². The second kappa shape index (κ2) is 6.26. The molecular weight excluding hydrogens is 348 g/mol. The van der Waals surface area contributed by atoms with E-state index in [0.717, 1.165) is 28.7 Å². The van der Waals surface area contributed by atoms with Gasteiger partial charge in [0.05, 0.1) is 18.5 Å². The molecule has 1 amide bonds. The number of allylic oxidation sites excluding steroid dienone is 1. The molecule has 0 spiro atoms. The molecule has 0 saturated carbocycles. The van der Waals surface area contributed by atoms with Crippen molar-refractivity contribution in [3.05, 3.63) is 52.7 Å². The third-order valence-corrected chi connectivity index (χ3v) is 5.38. The average molecular weight is 368 g/mol. The van der Waals surface area contributed by atoms with Gasteiger partial charge < -0.3 is 4.98 Å². The number of nitrogens with zero attached hydrogens (tertiary/aromatic N) is 1. The number of aromatic nitrogens is 2. The maximum atomic E-state index is 12.6. The van der Waals surface area contributed by atoms with E-state index in [1.807, 2.05) is 23.6 Å². The van der Waals surface area contributed by atoms with Gasteiger partial charge in [-0.2, -0.15) is 0 Å². The average Bonchev–Trinajstić information content (AvgIpc) is 3.24. The van der Waals surface area contributed by atoms with Crippen LogP contribution in [0.25, 0.3) is 16.6 Å². The van der Waals surface area contributed by atoms with Crippen LogP contribution in [0.15, 0.2) is 35.9 Å². The minimum atomic E-state index is -0.156. The number of fused-ring (bicyclic) bond motifs is 3. The van der Waals surface area contributed by atoms with Crippen LogP contribution in [0.5, 0.6) is 0 Å². The van der Waals surface area contributed by atoms with E-state index in [0.29, 0.717) is 10.7 Å².